The molecule has 0 amide bonds. The van der Waals surface area contributed by atoms with Crippen LogP contribution in [0.2, 0.25) is 5.02 Å². The first-order valence-corrected chi connectivity index (χ1v) is 11.3. The predicted octanol–water partition coefficient (Wildman–Crippen LogP) is 5.38. The van der Waals surface area contributed by atoms with E-state index in [2.05, 4.69) is 0 Å². The minimum Gasteiger partial charge on any atom is -0.478 e. The molecule has 7 heteroatoms. The highest BCUT2D eigenvalue weighted by atomic mass is 35.5. The SMILES string of the molecule is CCC(c1ccccc1)N(Cc1ccc(C(=O)O)cc1)S(=O)(=O)c1ccc(Cl)cc1. The molecule has 0 saturated heterocycles. The zero-order chi connectivity index (χ0) is 21.7. The molecule has 1 atom stereocenters. The Balaban J connectivity index is 2.05. The van der Waals surface area contributed by atoms with Gasteiger partial charge >= 0.3 is 5.97 Å². The van der Waals surface area contributed by atoms with Gasteiger partial charge in [0.2, 0.25) is 10.0 Å². The Bertz CT molecular complexity index is 1100. The molecule has 0 spiro atoms. The van der Waals surface area contributed by atoms with E-state index in [1.165, 1.54) is 28.6 Å². The monoisotopic (exact) mass is 443 g/mol. The molecule has 1 unspecified atom stereocenters. The molecular weight excluding hydrogens is 422 g/mol. The summed E-state index contributed by atoms with van der Waals surface area (Å²) < 4.78 is 28.6. The van der Waals surface area contributed by atoms with Crippen LogP contribution in [-0.2, 0) is 16.6 Å². The molecule has 3 aromatic rings. The fourth-order valence-corrected chi connectivity index (χ4v) is 5.12. The van der Waals surface area contributed by atoms with E-state index >= 15 is 0 Å². The number of hydrogen-bond acceptors (Lipinski definition) is 3. The Morgan fingerprint density at radius 2 is 1.57 bits per heavy atom. The van der Waals surface area contributed by atoms with Crippen molar-refractivity contribution in [2.45, 2.75) is 30.8 Å². The van der Waals surface area contributed by atoms with Crippen LogP contribution in [-0.4, -0.2) is 23.8 Å². The normalized spacial score (nSPS) is 12.6. The van der Waals surface area contributed by atoms with Crippen molar-refractivity contribution in [2.24, 2.45) is 0 Å². The number of carboxylic acid groups (broad SMARTS) is 1. The third-order valence-electron chi connectivity index (χ3n) is 4.88. The Kier molecular flexibility index (Phi) is 6.92. The van der Waals surface area contributed by atoms with Crippen molar-refractivity contribution < 1.29 is 18.3 Å². The van der Waals surface area contributed by atoms with E-state index in [9.17, 15) is 13.2 Å². The summed E-state index contributed by atoms with van der Waals surface area (Å²) in [7, 11) is -3.84. The van der Waals surface area contributed by atoms with Crippen LogP contribution in [0.15, 0.2) is 83.8 Å². The van der Waals surface area contributed by atoms with Crippen molar-refractivity contribution in [1.82, 2.24) is 4.31 Å². The summed E-state index contributed by atoms with van der Waals surface area (Å²) in [5, 5.41) is 9.57. The quantitative estimate of drug-likeness (QED) is 0.507. The number of hydrogen-bond donors (Lipinski definition) is 1. The minimum atomic E-state index is -3.84. The number of nitrogens with zero attached hydrogens (tertiary/aromatic N) is 1. The van der Waals surface area contributed by atoms with Crippen LogP contribution >= 0.6 is 11.6 Å². The van der Waals surface area contributed by atoms with Gasteiger partial charge in [0.1, 0.15) is 0 Å². The third kappa shape index (κ3) is 4.90. The highest BCUT2D eigenvalue weighted by molar-refractivity contribution is 7.89. The van der Waals surface area contributed by atoms with E-state index in [4.69, 9.17) is 16.7 Å². The van der Waals surface area contributed by atoms with Gasteiger partial charge in [-0.1, -0.05) is 61.0 Å². The number of sulfonamides is 1. The summed E-state index contributed by atoms with van der Waals surface area (Å²) in [5.41, 5.74) is 1.74. The lowest BCUT2D eigenvalue weighted by molar-refractivity contribution is 0.0697. The van der Waals surface area contributed by atoms with Crippen LogP contribution in [0.1, 0.15) is 40.9 Å². The molecule has 0 fully saturated rings. The average molecular weight is 444 g/mol. The predicted molar refractivity (Wildman–Crippen MR) is 117 cm³/mol. The number of benzene rings is 3. The van der Waals surface area contributed by atoms with Gasteiger partial charge in [-0.3, -0.25) is 0 Å². The molecule has 0 aliphatic rings. The minimum absolute atomic E-state index is 0.109. The highest BCUT2D eigenvalue weighted by Gasteiger charge is 2.31. The van der Waals surface area contributed by atoms with Crippen molar-refractivity contribution in [3.8, 4) is 0 Å². The van der Waals surface area contributed by atoms with Crippen LogP contribution in [0.5, 0.6) is 0 Å². The van der Waals surface area contributed by atoms with Crippen LogP contribution < -0.4 is 0 Å². The van der Waals surface area contributed by atoms with Gasteiger partial charge in [-0.05, 0) is 53.9 Å². The first kappa shape index (κ1) is 22.0. The second kappa shape index (κ2) is 9.43. The van der Waals surface area contributed by atoms with Gasteiger partial charge in [-0.25, -0.2) is 13.2 Å². The number of rotatable bonds is 8. The summed E-state index contributed by atoms with van der Waals surface area (Å²) in [6, 6.07) is 21.4. The fraction of sp³-hybridized carbons (Fsp3) is 0.174. The van der Waals surface area contributed by atoms with Gasteiger partial charge < -0.3 is 5.11 Å². The van der Waals surface area contributed by atoms with E-state index in [0.717, 1.165) is 5.56 Å². The number of aromatic carboxylic acids is 1. The molecule has 0 radical (unpaired) electrons. The Morgan fingerprint density at radius 1 is 0.967 bits per heavy atom. The number of carbonyl (C=O) groups is 1. The largest absolute Gasteiger partial charge is 0.478 e. The molecule has 3 aromatic carbocycles. The van der Waals surface area contributed by atoms with Gasteiger partial charge in [0.15, 0.2) is 0 Å². The number of halogens is 1. The highest BCUT2D eigenvalue weighted by Crippen LogP contribution is 2.32. The second-order valence-corrected chi connectivity index (χ2v) is 9.17. The molecule has 156 valence electrons. The summed E-state index contributed by atoms with van der Waals surface area (Å²) in [6.45, 7) is 2.05. The molecule has 5 nitrogen and oxygen atoms in total. The summed E-state index contributed by atoms with van der Waals surface area (Å²) >= 11 is 5.94. The molecule has 0 saturated carbocycles. The van der Waals surface area contributed by atoms with Crippen LogP contribution in [0.3, 0.4) is 0 Å². The Morgan fingerprint density at radius 3 is 2.10 bits per heavy atom. The van der Waals surface area contributed by atoms with Crippen LogP contribution in [0.25, 0.3) is 0 Å². The van der Waals surface area contributed by atoms with E-state index in [-0.39, 0.29) is 23.0 Å². The molecule has 3 rings (SSSR count). The molecule has 0 heterocycles. The average Bonchev–Trinajstić information content (AvgIpc) is 2.75. The van der Waals surface area contributed by atoms with Crippen molar-refractivity contribution in [3.05, 3.63) is 101 Å². The standard InChI is InChI=1S/C23H22ClNO4S/c1-2-22(18-6-4-3-5-7-18)25(16-17-8-10-19(11-9-17)23(26)27)30(28,29)21-14-12-20(24)13-15-21/h3-15,22H,2,16H2,1H3,(H,26,27). The Hall–Kier alpha value is -2.67. The molecule has 0 bridgehead atoms. The van der Waals surface area contributed by atoms with Crippen molar-refractivity contribution >= 4 is 27.6 Å². The topological polar surface area (TPSA) is 74.7 Å². The maximum absolute atomic E-state index is 13.6. The summed E-state index contributed by atoms with van der Waals surface area (Å²) in [5.74, 6) is -1.03. The van der Waals surface area contributed by atoms with E-state index in [1.54, 1.807) is 24.3 Å². The van der Waals surface area contributed by atoms with Gasteiger partial charge in [-0.2, -0.15) is 4.31 Å². The summed E-state index contributed by atoms with van der Waals surface area (Å²) in [6.07, 6.45) is 0.573. The zero-order valence-electron chi connectivity index (χ0n) is 16.4. The lowest BCUT2D eigenvalue weighted by atomic mass is 10.0. The summed E-state index contributed by atoms with van der Waals surface area (Å²) in [4.78, 5) is 11.3. The second-order valence-electron chi connectivity index (χ2n) is 6.84. The Labute approximate surface area is 181 Å². The number of carboxylic acids is 1. The third-order valence-corrected chi connectivity index (χ3v) is 7.00. The van der Waals surface area contributed by atoms with Gasteiger partial charge in [0, 0.05) is 11.6 Å². The van der Waals surface area contributed by atoms with Crippen LogP contribution in [0.4, 0.5) is 0 Å². The molecular formula is C23H22ClNO4S. The fourth-order valence-electron chi connectivity index (χ4n) is 3.32. The maximum Gasteiger partial charge on any atom is 0.335 e. The lowest BCUT2D eigenvalue weighted by Crippen LogP contribution is -2.34. The van der Waals surface area contributed by atoms with Crippen molar-refractivity contribution in [2.75, 3.05) is 0 Å². The lowest BCUT2D eigenvalue weighted by Gasteiger charge is -2.31. The first-order chi connectivity index (χ1) is 14.3. The van der Waals surface area contributed by atoms with Gasteiger partial charge in [0.05, 0.1) is 16.5 Å². The van der Waals surface area contributed by atoms with E-state index in [0.29, 0.717) is 17.0 Å². The van der Waals surface area contributed by atoms with E-state index in [1.807, 2.05) is 37.3 Å². The molecule has 0 aliphatic heterocycles. The molecule has 1 N–H and O–H groups in total. The van der Waals surface area contributed by atoms with Gasteiger partial charge in [-0.15, -0.1) is 0 Å². The van der Waals surface area contributed by atoms with Crippen molar-refractivity contribution in [3.63, 3.8) is 0 Å². The first-order valence-electron chi connectivity index (χ1n) is 9.47. The maximum atomic E-state index is 13.6. The molecule has 0 aliphatic carbocycles. The van der Waals surface area contributed by atoms with Crippen LogP contribution in [0, 0.1) is 0 Å². The van der Waals surface area contributed by atoms with E-state index < -0.39 is 16.0 Å². The van der Waals surface area contributed by atoms with Crippen molar-refractivity contribution in [1.29, 1.82) is 0 Å². The zero-order valence-corrected chi connectivity index (χ0v) is 18.0. The van der Waals surface area contributed by atoms with Gasteiger partial charge in [0.25, 0.3) is 0 Å². The smallest absolute Gasteiger partial charge is 0.335 e. The molecule has 0 aromatic heterocycles. The molecule has 30 heavy (non-hydrogen) atoms.